The first-order chi connectivity index (χ1) is 3.00. The zero-order chi connectivity index (χ0) is 4.24. The van der Waals surface area contributed by atoms with Crippen LogP contribution in [0.25, 0.3) is 0 Å². The number of nitrogens with one attached hydrogen (secondary N) is 1. The molecule has 0 saturated carbocycles. The van der Waals surface area contributed by atoms with Crippen molar-refractivity contribution in [3.63, 3.8) is 0 Å². The Morgan fingerprint density at radius 1 is 1.50 bits per heavy atom. The van der Waals surface area contributed by atoms with E-state index in [1.807, 2.05) is 0 Å². The van der Waals surface area contributed by atoms with Gasteiger partial charge in [-0.2, -0.15) is 0 Å². The molecule has 2 heteroatoms. The minimum absolute atomic E-state index is 0.604. The molecule has 0 spiro atoms. The van der Waals surface area contributed by atoms with Gasteiger partial charge in [0, 0.05) is 0 Å². The first-order valence-corrected chi connectivity index (χ1v) is 5.29. The van der Waals surface area contributed by atoms with Crippen molar-refractivity contribution in [2.24, 2.45) is 0 Å². The number of alkyl halides is 2. The molecule has 1 fully saturated rings. The van der Waals surface area contributed by atoms with Crippen LogP contribution in [0.3, 0.4) is 0 Å². The van der Waals surface area contributed by atoms with Crippen LogP contribution in [-0.2, 0) is 0 Å². The second-order valence-corrected chi connectivity index (χ2v) is 4.29. The Bertz CT molecular complexity index is 23.0. The monoisotopic (exact) mass is 198 g/mol. The molecule has 1 nitrogen and oxygen atoms in total. The summed E-state index contributed by atoms with van der Waals surface area (Å²) in [5, 5.41) is 3.33. The van der Waals surface area contributed by atoms with Gasteiger partial charge in [0.05, 0.1) is 0 Å². The van der Waals surface area contributed by atoms with Gasteiger partial charge in [-0.3, -0.25) is 0 Å². The Morgan fingerprint density at radius 2 is 2.50 bits per heavy atom. The van der Waals surface area contributed by atoms with Gasteiger partial charge in [0.2, 0.25) is 0 Å². The van der Waals surface area contributed by atoms with Gasteiger partial charge >= 0.3 is 48.5 Å². The molecule has 6 heavy (non-hydrogen) atoms. The van der Waals surface area contributed by atoms with Crippen molar-refractivity contribution in [2.75, 3.05) is 15.5 Å². The van der Waals surface area contributed by atoms with E-state index in [0.29, 0.717) is 21.2 Å². The Labute approximate surface area is 48.8 Å². The van der Waals surface area contributed by atoms with Gasteiger partial charge in [-0.25, -0.2) is 0 Å². The molecule has 0 atom stereocenters. The molecule has 0 aromatic carbocycles. The predicted octanol–water partition coefficient (Wildman–Crippen LogP) is -2.97. The van der Waals surface area contributed by atoms with Crippen molar-refractivity contribution < 1.29 is 21.2 Å². The van der Waals surface area contributed by atoms with Crippen molar-refractivity contribution >= 4 is 0 Å². The van der Waals surface area contributed by atoms with Gasteiger partial charge in [0.1, 0.15) is 0 Å². The predicted molar refractivity (Wildman–Crippen MR) is 22.4 cm³/mol. The van der Waals surface area contributed by atoms with Gasteiger partial charge in [0.25, 0.3) is 0 Å². The maximum atomic E-state index is 3.33. The van der Waals surface area contributed by atoms with Crippen LogP contribution >= 0.6 is 0 Å². The number of hydrogen-bond acceptors (Lipinski definition) is 1. The van der Waals surface area contributed by atoms with Crippen LogP contribution in [0.5, 0.6) is 0 Å². The van der Waals surface area contributed by atoms with Crippen LogP contribution in [-0.4, -0.2) is 15.5 Å². The maximum absolute atomic E-state index is 3.33. The molecule has 1 rings (SSSR count). The molecule has 0 aliphatic carbocycles. The quantitative estimate of drug-likeness (QED) is 0.249. The standard InChI is InChI=1S/C4H9IN/c1-2-5-4-6-3-1/h6H,1-4H2/q-1. The molecule has 0 aromatic heterocycles. The summed E-state index contributed by atoms with van der Waals surface area (Å²) in [5.74, 6) is 0. The van der Waals surface area contributed by atoms with E-state index >= 15 is 0 Å². The number of halogens is 1. The van der Waals surface area contributed by atoms with Crippen LogP contribution < -0.4 is 26.5 Å². The molecule has 38 valence electrons. The Morgan fingerprint density at radius 3 is 2.67 bits per heavy atom. The van der Waals surface area contributed by atoms with E-state index in [2.05, 4.69) is 5.32 Å². The molecule has 0 radical (unpaired) electrons. The average Bonchev–Trinajstić information content (AvgIpc) is 1.72. The second kappa shape index (κ2) is 2.80. The van der Waals surface area contributed by atoms with Crippen LogP contribution in [0.15, 0.2) is 0 Å². The summed E-state index contributed by atoms with van der Waals surface area (Å²) < 4.78 is 2.91. The van der Waals surface area contributed by atoms with E-state index in [0.717, 1.165) is 0 Å². The van der Waals surface area contributed by atoms with Gasteiger partial charge < -0.3 is 0 Å². The second-order valence-electron chi connectivity index (χ2n) is 1.37. The van der Waals surface area contributed by atoms with Crippen LogP contribution in [0.2, 0.25) is 0 Å². The zero-order valence-electron chi connectivity index (χ0n) is 3.71. The van der Waals surface area contributed by atoms with Crippen molar-refractivity contribution in [1.29, 1.82) is 0 Å². The van der Waals surface area contributed by atoms with Gasteiger partial charge in [-0.05, 0) is 0 Å². The van der Waals surface area contributed by atoms with Crippen molar-refractivity contribution in [2.45, 2.75) is 6.42 Å². The molecule has 1 saturated heterocycles. The Hall–Kier alpha value is 0.690. The van der Waals surface area contributed by atoms with Crippen molar-refractivity contribution in [3.8, 4) is 0 Å². The van der Waals surface area contributed by atoms with Gasteiger partial charge in [-0.1, -0.05) is 0 Å². The van der Waals surface area contributed by atoms with Gasteiger partial charge in [-0.15, -0.1) is 0 Å². The first-order valence-electron chi connectivity index (χ1n) is 2.24. The van der Waals surface area contributed by atoms with Crippen molar-refractivity contribution in [3.05, 3.63) is 0 Å². The van der Waals surface area contributed by atoms with E-state index < -0.39 is 0 Å². The van der Waals surface area contributed by atoms with Crippen LogP contribution in [0, 0.1) is 0 Å². The molecule has 1 aliphatic rings. The third-order valence-electron chi connectivity index (χ3n) is 0.810. The molecular formula is C4H9IN-. The molecule has 0 unspecified atom stereocenters. The number of rotatable bonds is 0. The minimum atomic E-state index is 0.604. The fourth-order valence-electron chi connectivity index (χ4n) is 0.487. The fourth-order valence-corrected chi connectivity index (χ4v) is 2.55. The molecule has 0 amide bonds. The zero-order valence-corrected chi connectivity index (χ0v) is 5.86. The van der Waals surface area contributed by atoms with Gasteiger partial charge in [0.15, 0.2) is 0 Å². The molecule has 1 N–H and O–H groups in total. The summed E-state index contributed by atoms with van der Waals surface area (Å²) in [6.45, 7) is 1.28. The van der Waals surface area contributed by atoms with Crippen LogP contribution in [0.1, 0.15) is 6.42 Å². The topological polar surface area (TPSA) is 12.0 Å². The Kier molecular flexibility index (Phi) is 2.26. The third kappa shape index (κ3) is 1.43. The summed E-state index contributed by atoms with van der Waals surface area (Å²) in [4.78, 5) is 0. The summed E-state index contributed by atoms with van der Waals surface area (Å²) in [6, 6.07) is 0. The molecule has 1 aliphatic heterocycles. The van der Waals surface area contributed by atoms with E-state index in [4.69, 9.17) is 0 Å². The summed E-state index contributed by atoms with van der Waals surface area (Å²) in [5.41, 5.74) is 0. The van der Waals surface area contributed by atoms with E-state index in [9.17, 15) is 0 Å². The number of hydrogen-bond donors (Lipinski definition) is 1. The summed E-state index contributed by atoms with van der Waals surface area (Å²) in [7, 11) is 0. The van der Waals surface area contributed by atoms with Crippen molar-refractivity contribution in [1.82, 2.24) is 5.32 Å². The first kappa shape index (κ1) is 4.84. The fraction of sp³-hybridized carbons (Fsp3) is 1.00. The van der Waals surface area contributed by atoms with Crippen LogP contribution in [0.4, 0.5) is 0 Å². The SMILES string of the molecule is C1CNC[I-]C1. The molecule has 0 bridgehead atoms. The third-order valence-corrected chi connectivity index (χ3v) is 3.41. The molecular weight excluding hydrogens is 189 g/mol. The van der Waals surface area contributed by atoms with E-state index in [1.54, 1.807) is 4.43 Å². The average molecular weight is 198 g/mol. The molecule has 0 aromatic rings. The van der Waals surface area contributed by atoms with E-state index in [1.165, 1.54) is 17.5 Å². The summed E-state index contributed by atoms with van der Waals surface area (Å²) in [6.07, 6.45) is 1.44. The molecule has 1 heterocycles. The normalized spacial score (nSPS) is 25.3. The van der Waals surface area contributed by atoms with E-state index in [-0.39, 0.29) is 0 Å². The summed E-state index contributed by atoms with van der Waals surface area (Å²) >= 11 is 0.604. The Balaban J connectivity index is 2.00.